The van der Waals surface area contributed by atoms with Crippen molar-refractivity contribution in [3.63, 3.8) is 0 Å². The van der Waals surface area contributed by atoms with Crippen molar-refractivity contribution < 1.29 is 4.79 Å². The third-order valence-corrected chi connectivity index (χ3v) is 1.46. The molecule has 11 heavy (non-hydrogen) atoms. The molecular weight excluding hydrogens is 164 g/mol. The molecule has 0 atom stereocenters. The van der Waals surface area contributed by atoms with E-state index in [1.807, 2.05) is 0 Å². The Hall–Kier alpha value is -0.960. The van der Waals surface area contributed by atoms with Crippen LogP contribution in [0, 0.1) is 0 Å². The van der Waals surface area contributed by atoms with Crippen molar-refractivity contribution in [1.82, 2.24) is 9.97 Å². The standard InChI is InChI=1S/C7H7ClN2O/c1-2-6(11)5-3-9-7(8)10-4-5/h3-4H,2H2,1H3. The molecule has 0 aliphatic heterocycles. The average Bonchev–Trinajstić information content (AvgIpc) is 2.05. The molecule has 0 saturated heterocycles. The molecule has 1 aromatic rings. The van der Waals surface area contributed by atoms with Crippen LogP contribution in [0.1, 0.15) is 23.7 Å². The van der Waals surface area contributed by atoms with Crippen LogP contribution in [-0.2, 0) is 0 Å². The van der Waals surface area contributed by atoms with E-state index in [1.165, 1.54) is 12.4 Å². The number of rotatable bonds is 2. The smallest absolute Gasteiger partial charge is 0.222 e. The van der Waals surface area contributed by atoms with Crippen LogP contribution in [0.5, 0.6) is 0 Å². The fourth-order valence-electron chi connectivity index (χ4n) is 0.660. The van der Waals surface area contributed by atoms with E-state index >= 15 is 0 Å². The molecule has 4 heteroatoms. The van der Waals surface area contributed by atoms with Crippen LogP contribution in [0.2, 0.25) is 5.28 Å². The fourth-order valence-corrected chi connectivity index (χ4v) is 0.758. The number of carbonyl (C=O) groups is 1. The molecule has 0 aliphatic rings. The molecule has 1 rings (SSSR count). The maximum absolute atomic E-state index is 11.0. The molecular formula is C7H7ClN2O. The monoisotopic (exact) mass is 170 g/mol. The summed E-state index contributed by atoms with van der Waals surface area (Å²) in [7, 11) is 0. The van der Waals surface area contributed by atoms with Crippen LogP contribution < -0.4 is 0 Å². The first kappa shape index (κ1) is 8.14. The number of hydrogen-bond acceptors (Lipinski definition) is 3. The van der Waals surface area contributed by atoms with Crippen molar-refractivity contribution in [2.45, 2.75) is 13.3 Å². The summed E-state index contributed by atoms with van der Waals surface area (Å²) in [4.78, 5) is 18.4. The highest BCUT2D eigenvalue weighted by Crippen LogP contribution is 2.02. The van der Waals surface area contributed by atoms with Gasteiger partial charge in [-0.05, 0) is 11.6 Å². The van der Waals surface area contributed by atoms with Gasteiger partial charge in [-0.2, -0.15) is 0 Å². The highest BCUT2D eigenvalue weighted by molar-refractivity contribution is 6.28. The molecule has 3 nitrogen and oxygen atoms in total. The summed E-state index contributed by atoms with van der Waals surface area (Å²) in [6.07, 6.45) is 3.33. The molecule has 0 aliphatic carbocycles. The van der Waals surface area contributed by atoms with E-state index < -0.39 is 0 Å². The number of aromatic nitrogens is 2. The zero-order valence-corrected chi connectivity index (χ0v) is 6.80. The minimum Gasteiger partial charge on any atom is -0.294 e. The van der Waals surface area contributed by atoms with Gasteiger partial charge in [0, 0.05) is 18.8 Å². The highest BCUT2D eigenvalue weighted by Gasteiger charge is 2.02. The SMILES string of the molecule is CCC(=O)c1cnc(Cl)nc1. The molecule has 0 aromatic carbocycles. The summed E-state index contributed by atoms with van der Waals surface area (Å²) < 4.78 is 0. The molecule has 0 fully saturated rings. The largest absolute Gasteiger partial charge is 0.294 e. The average molecular weight is 171 g/mol. The summed E-state index contributed by atoms with van der Waals surface area (Å²) in [5.74, 6) is 0.0293. The summed E-state index contributed by atoms with van der Waals surface area (Å²) in [5.41, 5.74) is 0.511. The Morgan fingerprint density at radius 2 is 2.09 bits per heavy atom. The maximum Gasteiger partial charge on any atom is 0.222 e. The molecule has 58 valence electrons. The van der Waals surface area contributed by atoms with Gasteiger partial charge in [-0.15, -0.1) is 0 Å². The van der Waals surface area contributed by atoms with E-state index in [0.29, 0.717) is 12.0 Å². The fraction of sp³-hybridized carbons (Fsp3) is 0.286. The lowest BCUT2D eigenvalue weighted by Crippen LogP contribution is -1.98. The van der Waals surface area contributed by atoms with E-state index in [2.05, 4.69) is 9.97 Å². The second kappa shape index (κ2) is 3.44. The van der Waals surface area contributed by atoms with Gasteiger partial charge in [0.1, 0.15) is 0 Å². The number of halogens is 1. The predicted molar refractivity (Wildman–Crippen MR) is 41.7 cm³/mol. The topological polar surface area (TPSA) is 42.9 Å². The van der Waals surface area contributed by atoms with Crippen LogP contribution in [0.25, 0.3) is 0 Å². The first-order chi connectivity index (χ1) is 5.24. The lowest BCUT2D eigenvalue weighted by atomic mass is 10.2. The molecule has 1 aromatic heterocycles. The molecule has 0 radical (unpaired) electrons. The van der Waals surface area contributed by atoms with Crippen LogP contribution in [0.3, 0.4) is 0 Å². The molecule has 0 bridgehead atoms. The number of carbonyl (C=O) groups excluding carboxylic acids is 1. The third-order valence-electron chi connectivity index (χ3n) is 1.26. The Labute approximate surface area is 69.4 Å². The van der Waals surface area contributed by atoms with Crippen LogP contribution in [0.4, 0.5) is 0 Å². The quantitative estimate of drug-likeness (QED) is 0.502. The first-order valence-corrected chi connectivity index (χ1v) is 3.62. The Morgan fingerprint density at radius 3 is 2.55 bits per heavy atom. The maximum atomic E-state index is 11.0. The van der Waals surface area contributed by atoms with Gasteiger partial charge >= 0.3 is 0 Å². The minimum absolute atomic E-state index is 0.0293. The van der Waals surface area contributed by atoms with Crippen molar-refractivity contribution in [1.29, 1.82) is 0 Å². The zero-order chi connectivity index (χ0) is 8.27. The van der Waals surface area contributed by atoms with Crippen molar-refractivity contribution >= 4 is 17.4 Å². The molecule has 1 heterocycles. The van der Waals surface area contributed by atoms with Gasteiger partial charge in [-0.25, -0.2) is 9.97 Å². The van der Waals surface area contributed by atoms with Gasteiger partial charge in [0.2, 0.25) is 5.28 Å². The lowest BCUT2D eigenvalue weighted by molar-refractivity contribution is 0.0987. The molecule has 0 amide bonds. The van der Waals surface area contributed by atoms with Crippen molar-refractivity contribution in [2.24, 2.45) is 0 Å². The van der Waals surface area contributed by atoms with Crippen LogP contribution in [-0.4, -0.2) is 15.8 Å². The number of hydrogen-bond donors (Lipinski definition) is 0. The Balaban J connectivity index is 2.90. The normalized spacial score (nSPS) is 9.64. The minimum atomic E-state index is 0.0293. The Kier molecular flexibility index (Phi) is 2.54. The van der Waals surface area contributed by atoms with Crippen molar-refractivity contribution in [3.05, 3.63) is 23.2 Å². The number of nitrogens with zero attached hydrogens (tertiary/aromatic N) is 2. The van der Waals surface area contributed by atoms with E-state index in [-0.39, 0.29) is 11.1 Å². The molecule has 0 N–H and O–H groups in total. The molecule has 0 unspecified atom stereocenters. The third kappa shape index (κ3) is 1.98. The first-order valence-electron chi connectivity index (χ1n) is 3.24. The number of ketones is 1. The summed E-state index contributed by atoms with van der Waals surface area (Å²) in [6.45, 7) is 1.79. The van der Waals surface area contributed by atoms with Crippen molar-refractivity contribution in [3.8, 4) is 0 Å². The van der Waals surface area contributed by atoms with Crippen LogP contribution in [0.15, 0.2) is 12.4 Å². The second-order valence-corrected chi connectivity index (χ2v) is 2.36. The predicted octanol–water partition coefficient (Wildman–Crippen LogP) is 1.72. The second-order valence-electron chi connectivity index (χ2n) is 2.02. The highest BCUT2D eigenvalue weighted by atomic mass is 35.5. The summed E-state index contributed by atoms with van der Waals surface area (Å²) in [6, 6.07) is 0. The van der Waals surface area contributed by atoms with Crippen molar-refractivity contribution in [2.75, 3.05) is 0 Å². The van der Waals surface area contributed by atoms with Gasteiger partial charge in [-0.1, -0.05) is 6.92 Å². The summed E-state index contributed by atoms with van der Waals surface area (Å²) in [5, 5.41) is 0.164. The molecule has 0 saturated carbocycles. The van der Waals surface area contributed by atoms with E-state index in [4.69, 9.17) is 11.6 Å². The lowest BCUT2D eigenvalue weighted by Gasteiger charge is -1.94. The van der Waals surface area contributed by atoms with Gasteiger partial charge in [0.15, 0.2) is 5.78 Å². The Morgan fingerprint density at radius 1 is 1.55 bits per heavy atom. The van der Waals surface area contributed by atoms with Gasteiger partial charge in [0.25, 0.3) is 0 Å². The molecule has 0 spiro atoms. The van der Waals surface area contributed by atoms with E-state index in [0.717, 1.165) is 0 Å². The van der Waals surface area contributed by atoms with E-state index in [1.54, 1.807) is 6.92 Å². The van der Waals surface area contributed by atoms with E-state index in [9.17, 15) is 4.79 Å². The van der Waals surface area contributed by atoms with Gasteiger partial charge in [-0.3, -0.25) is 4.79 Å². The van der Waals surface area contributed by atoms with Crippen LogP contribution >= 0.6 is 11.6 Å². The zero-order valence-electron chi connectivity index (χ0n) is 6.04. The Bertz CT molecular complexity index is 258. The number of Topliss-reactive ketones (excluding diaryl/α,β-unsaturated/α-hetero) is 1. The summed E-state index contributed by atoms with van der Waals surface area (Å²) >= 11 is 5.43. The van der Waals surface area contributed by atoms with Gasteiger partial charge < -0.3 is 0 Å². The van der Waals surface area contributed by atoms with Gasteiger partial charge in [0.05, 0.1) is 5.56 Å².